The third-order valence-electron chi connectivity index (χ3n) is 2.06. The van der Waals surface area contributed by atoms with E-state index in [1.54, 1.807) is 0 Å². The van der Waals surface area contributed by atoms with Gasteiger partial charge >= 0.3 is 0 Å². The van der Waals surface area contributed by atoms with Crippen molar-refractivity contribution >= 4 is 11.6 Å². The maximum atomic E-state index is 13.1. The zero-order valence-corrected chi connectivity index (χ0v) is 9.70. The van der Waals surface area contributed by atoms with E-state index in [1.165, 1.54) is 32.4 Å². The Kier molecular flexibility index (Phi) is 4.86. The van der Waals surface area contributed by atoms with Gasteiger partial charge < -0.3 is 20.5 Å². The number of nitrogens with two attached hydrogens (primary N) is 1. The number of carbonyl (C=O) groups excluding carboxylic acids is 1. The third kappa shape index (κ3) is 4.01. The number of hydrogen-bond donors (Lipinski definition) is 2. The van der Waals surface area contributed by atoms with Gasteiger partial charge in [0.2, 0.25) is 5.91 Å². The molecule has 1 aromatic rings. The van der Waals surface area contributed by atoms with Crippen LogP contribution in [-0.2, 0) is 9.53 Å². The molecule has 94 valence electrons. The van der Waals surface area contributed by atoms with Crippen molar-refractivity contribution in [2.45, 2.75) is 6.04 Å². The van der Waals surface area contributed by atoms with Gasteiger partial charge in [0, 0.05) is 24.9 Å². The Morgan fingerprint density at radius 3 is 2.76 bits per heavy atom. The van der Waals surface area contributed by atoms with Gasteiger partial charge in [-0.2, -0.15) is 0 Å². The molecule has 0 radical (unpaired) electrons. The lowest BCUT2D eigenvalue weighted by Gasteiger charge is -2.12. The van der Waals surface area contributed by atoms with E-state index in [-0.39, 0.29) is 6.61 Å². The van der Waals surface area contributed by atoms with Crippen molar-refractivity contribution in [3.8, 4) is 5.75 Å². The molecule has 1 rings (SSSR count). The van der Waals surface area contributed by atoms with Gasteiger partial charge in [-0.3, -0.25) is 4.79 Å². The lowest BCUT2D eigenvalue weighted by atomic mass is 10.2. The van der Waals surface area contributed by atoms with Gasteiger partial charge in [0.15, 0.2) is 0 Å². The molecule has 5 nitrogen and oxygen atoms in total. The molecule has 6 heteroatoms. The Morgan fingerprint density at radius 2 is 2.18 bits per heavy atom. The highest BCUT2D eigenvalue weighted by molar-refractivity contribution is 5.94. The number of ether oxygens (including phenoxy) is 2. The summed E-state index contributed by atoms with van der Waals surface area (Å²) in [5.41, 5.74) is 5.81. The van der Waals surface area contributed by atoms with Gasteiger partial charge in [0.05, 0.1) is 13.7 Å². The zero-order chi connectivity index (χ0) is 12.8. The summed E-state index contributed by atoms with van der Waals surface area (Å²) in [5.74, 6) is -0.625. The van der Waals surface area contributed by atoms with E-state index >= 15 is 0 Å². The van der Waals surface area contributed by atoms with Crippen LogP contribution in [0.4, 0.5) is 10.1 Å². The number of anilines is 1. The minimum Gasteiger partial charge on any atom is -0.497 e. The summed E-state index contributed by atoms with van der Waals surface area (Å²) in [6.45, 7) is 0.0955. The minimum atomic E-state index is -0.797. The first-order chi connectivity index (χ1) is 8.06. The van der Waals surface area contributed by atoms with E-state index in [2.05, 4.69) is 5.32 Å². The fourth-order valence-electron chi connectivity index (χ4n) is 1.24. The Bertz CT molecular complexity index is 398. The van der Waals surface area contributed by atoms with Crippen LogP contribution in [0.25, 0.3) is 0 Å². The molecule has 0 saturated carbocycles. The molecule has 0 fully saturated rings. The monoisotopic (exact) mass is 242 g/mol. The summed E-state index contributed by atoms with van der Waals surface area (Å²) in [4.78, 5) is 11.5. The molecule has 0 aliphatic rings. The molecule has 17 heavy (non-hydrogen) atoms. The maximum absolute atomic E-state index is 13.1. The lowest BCUT2D eigenvalue weighted by molar-refractivity contribution is -0.118. The van der Waals surface area contributed by atoms with Crippen LogP contribution in [0.1, 0.15) is 0 Å². The highest BCUT2D eigenvalue weighted by Gasteiger charge is 2.13. The number of hydrogen-bond acceptors (Lipinski definition) is 4. The molecular weight excluding hydrogens is 227 g/mol. The summed E-state index contributed by atoms with van der Waals surface area (Å²) >= 11 is 0. The van der Waals surface area contributed by atoms with E-state index in [0.717, 1.165) is 0 Å². The summed E-state index contributed by atoms with van der Waals surface area (Å²) < 4.78 is 22.8. The number of benzene rings is 1. The molecule has 1 amide bonds. The Labute approximate surface area is 98.7 Å². The third-order valence-corrected chi connectivity index (χ3v) is 2.06. The van der Waals surface area contributed by atoms with Crippen molar-refractivity contribution in [1.82, 2.24) is 0 Å². The molecule has 0 aliphatic carbocycles. The largest absolute Gasteiger partial charge is 0.497 e. The molecule has 0 aromatic heterocycles. The quantitative estimate of drug-likeness (QED) is 0.799. The first-order valence-corrected chi connectivity index (χ1v) is 4.96. The Morgan fingerprint density at radius 1 is 1.47 bits per heavy atom. The predicted molar refractivity (Wildman–Crippen MR) is 61.4 cm³/mol. The Hall–Kier alpha value is -1.66. The molecule has 0 heterocycles. The van der Waals surface area contributed by atoms with E-state index in [0.29, 0.717) is 11.4 Å². The maximum Gasteiger partial charge on any atom is 0.243 e. The van der Waals surface area contributed by atoms with Crippen LogP contribution >= 0.6 is 0 Å². The van der Waals surface area contributed by atoms with E-state index < -0.39 is 17.8 Å². The van der Waals surface area contributed by atoms with Crippen LogP contribution in [0.2, 0.25) is 0 Å². The van der Waals surface area contributed by atoms with Crippen molar-refractivity contribution in [3.05, 3.63) is 24.0 Å². The second-order valence-electron chi connectivity index (χ2n) is 3.43. The van der Waals surface area contributed by atoms with Crippen molar-refractivity contribution in [2.24, 2.45) is 5.73 Å². The number of rotatable bonds is 5. The van der Waals surface area contributed by atoms with Crippen LogP contribution in [0.15, 0.2) is 18.2 Å². The molecule has 0 spiro atoms. The molecule has 3 N–H and O–H groups in total. The molecular formula is C11H15FN2O3. The Balaban J connectivity index is 2.74. The number of nitrogens with one attached hydrogen (secondary N) is 1. The zero-order valence-electron chi connectivity index (χ0n) is 9.70. The summed E-state index contributed by atoms with van der Waals surface area (Å²) in [7, 11) is 2.86. The SMILES string of the molecule is COCC(N)C(=O)Nc1cc(F)cc(OC)c1. The second-order valence-corrected chi connectivity index (χ2v) is 3.43. The van der Waals surface area contributed by atoms with Crippen molar-refractivity contribution in [3.63, 3.8) is 0 Å². The highest BCUT2D eigenvalue weighted by Crippen LogP contribution is 2.19. The van der Waals surface area contributed by atoms with Crippen LogP contribution in [0.3, 0.4) is 0 Å². The van der Waals surface area contributed by atoms with E-state index in [9.17, 15) is 9.18 Å². The normalized spacial score (nSPS) is 12.0. The molecule has 1 atom stereocenters. The smallest absolute Gasteiger partial charge is 0.243 e. The minimum absolute atomic E-state index is 0.0955. The van der Waals surface area contributed by atoms with Crippen molar-refractivity contribution in [2.75, 3.05) is 26.1 Å². The molecule has 1 aromatic carbocycles. The first-order valence-electron chi connectivity index (χ1n) is 4.96. The first kappa shape index (κ1) is 13.4. The standard InChI is InChI=1S/C11H15FN2O3/c1-16-6-10(13)11(15)14-8-3-7(12)4-9(5-8)17-2/h3-5,10H,6,13H2,1-2H3,(H,14,15). The van der Waals surface area contributed by atoms with Crippen LogP contribution in [-0.4, -0.2) is 32.8 Å². The van der Waals surface area contributed by atoms with Gasteiger partial charge in [-0.25, -0.2) is 4.39 Å². The summed E-state index contributed by atoms with van der Waals surface area (Å²) in [6, 6.07) is 3.10. The summed E-state index contributed by atoms with van der Waals surface area (Å²) in [5, 5.41) is 2.48. The fourth-order valence-corrected chi connectivity index (χ4v) is 1.24. The van der Waals surface area contributed by atoms with E-state index in [1.807, 2.05) is 0 Å². The number of amides is 1. The molecule has 1 unspecified atom stereocenters. The predicted octanol–water partition coefficient (Wildman–Crippen LogP) is 0.746. The van der Waals surface area contributed by atoms with Gasteiger partial charge in [-0.05, 0) is 6.07 Å². The van der Waals surface area contributed by atoms with Gasteiger partial charge in [-0.1, -0.05) is 0 Å². The number of halogens is 1. The second kappa shape index (κ2) is 6.17. The van der Waals surface area contributed by atoms with Gasteiger partial charge in [0.25, 0.3) is 0 Å². The molecule has 0 aliphatic heterocycles. The van der Waals surface area contributed by atoms with Crippen LogP contribution < -0.4 is 15.8 Å². The number of carbonyl (C=O) groups is 1. The van der Waals surface area contributed by atoms with Gasteiger partial charge in [0.1, 0.15) is 17.6 Å². The highest BCUT2D eigenvalue weighted by atomic mass is 19.1. The average Bonchev–Trinajstić information content (AvgIpc) is 2.28. The van der Waals surface area contributed by atoms with E-state index in [4.69, 9.17) is 15.2 Å². The van der Waals surface area contributed by atoms with Gasteiger partial charge in [-0.15, -0.1) is 0 Å². The van der Waals surface area contributed by atoms with Crippen molar-refractivity contribution < 1.29 is 18.7 Å². The van der Waals surface area contributed by atoms with Crippen LogP contribution in [0.5, 0.6) is 5.75 Å². The number of methoxy groups -OCH3 is 2. The lowest BCUT2D eigenvalue weighted by Crippen LogP contribution is -2.39. The molecule has 0 saturated heterocycles. The molecule has 0 bridgehead atoms. The average molecular weight is 242 g/mol. The van der Waals surface area contributed by atoms with Crippen molar-refractivity contribution in [1.29, 1.82) is 0 Å². The topological polar surface area (TPSA) is 73.6 Å². The fraction of sp³-hybridized carbons (Fsp3) is 0.364. The van der Waals surface area contributed by atoms with Crippen LogP contribution in [0, 0.1) is 5.82 Å². The summed E-state index contributed by atoms with van der Waals surface area (Å²) in [6.07, 6.45) is 0.